The van der Waals surface area contributed by atoms with Crippen molar-refractivity contribution in [2.45, 2.75) is 0 Å². The van der Waals surface area contributed by atoms with Crippen LogP contribution in [0, 0.1) is 0 Å². The maximum absolute atomic E-state index is 12.1. The fourth-order valence-electron chi connectivity index (χ4n) is 0.796. The van der Waals surface area contributed by atoms with Crippen molar-refractivity contribution in [2.24, 2.45) is 0 Å². The number of rotatable bonds is 2. The lowest BCUT2D eigenvalue weighted by atomic mass is 10.2. The number of allylic oxidation sites excluding steroid dienone is 2. The normalized spacial score (nSPS) is 12.3. The van der Waals surface area contributed by atoms with Crippen molar-refractivity contribution in [1.82, 2.24) is 0 Å². The van der Waals surface area contributed by atoms with Crippen molar-refractivity contribution in [3.05, 3.63) is 52.8 Å². The maximum atomic E-state index is 12.1. The molecule has 0 aliphatic carbocycles. The van der Waals surface area contributed by atoms with Gasteiger partial charge in [0, 0.05) is 0 Å². The maximum Gasteiger partial charge on any atom is 0.165 e. The smallest absolute Gasteiger partial charge is 0.165 e. The average Bonchev–Trinajstić information content (AvgIpc) is 2.05. The van der Waals surface area contributed by atoms with Crippen LogP contribution in [0.3, 0.4) is 0 Å². The minimum atomic E-state index is -0.366. The van der Waals surface area contributed by atoms with E-state index in [1.54, 1.807) is 6.08 Å². The number of benzene rings is 1. The van der Waals surface area contributed by atoms with Gasteiger partial charge in [-0.25, -0.2) is 0 Å². The Morgan fingerprint density at radius 1 is 1.25 bits per heavy atom. The van der Waals surface area contributed by atoms with Gasteiger partial charge in [-0.15, -0.1) is 0 Å². The molecule has 0 unspecified atom stereocenters. The van der Waals surface area contributed by atoms with Gasteiger partial charge >= 0.3 is 0 Å². The van der Waals surface area contributed by atoms with Crippen molar-refractivity contribution >= 4 is 22.0 Å². The molecule has 0 nitrogen and oxygen atoms in total. The van der Waals surface area contributed by atoms with Gasteiger partial charge in [0.2, 0.25) is 0 Å². The molecular weight excluding hydrogens is 219 g/mol. The summed E-state index contributed by atoms with van der Waals surface area (Å²) in [6, 6.07) is 9.73. The summed E-state index contributed by atoms with van der Waals surface area (Å²) in [4.78, 5) is 0. The molecule has 62 valence electrons. The van der Waals surface area contributed by atoms with Crippen molar-refractivity contribution in [3.63, 3.8) is 0 Å². The van der Waals surface area contributed by atoms with Crippen LogP contribution in [0.4, 0.5) is 4.39 Å². The number of hydrogen-bond acceptors (Lipinski definition) is 0. The Bertz CT molecular complexity index is 284. The highest BCUT2D eigenvalue weighted by atomic mass is 79.9. The number of hydrogen-bond donors (Lipinski definition) is 0. The molecule has 1 aromatic rings. The van der Waals surface area contributed by atoms with E-state index >= 15 is 0 Å². The van der Waals surface area contributed by atoms with Crippen LogP contribution in [0.15, 0.2) is 47.2 Å². The molecule has 1 rings (SSSR count). The van der Waals surface area contributed by atoms with Gasteiger partial charge in [0.1, 0.15) is 0 Å². The van der Waals surface area contributed by atoms with Crippen molar-refractivity contribution < 1.29 is 4.39 Å². The highest BCUT2D eigenvalue weighted by molar-refractivity contribution is 9.11. The third kappa shape index (κ3) is 3.49. The zero-order valence-corrected chi connectivity index (χ0v) is 7.96. The molecule has 0 saturated carbocycles. The zero-order valence-electron chi connectivity index (χ0n) is 6.37. The molecule has 0 fully saturated rings. The lowest BCUT2D eigenvalue weighted by molar-refractivity contribution is 0.705. The quantitative estimate of drug-likeness (QED) is 0.672. The molecule has 0 radical (unpaired) electrons. The zero-order chi connectivity index (χ0) is 8.81. The van der Waals surface area contributed by atoms with Gasteiger partial charge in [-0.3, -0.25) is 0 Å². The van der Waals surface area contributed by atoms with E-state index in [2.05, 4.69) is 15.9 Å². The predicted molar refractivity (Wildman–Crippen MR) is 53.6 cm³/mol. The first-order valence-electron chi connectivity index (χ1n) is 3.53. The molecule has 2 heteroatoms. The molecule has 12 heavy (non-hydrogen) atoms. The molecule has 0 spiro atoms. The molecule has 0 bridgehead atoms. The minimum absolute atomic E-state index is 0.366. The second-order valence-corrected chi connectivity index (χ2v) is 2.98. The van der Waals surface area contributed by atoms with Crippen LogP contribution in [-0.2, 0) is 0 Å². The Hall–Kier alpha value is -0.890. The Balaban J connectivity index is 2.64. The Labute approximate surface area is 79.5 Å². The predicted octanol–water partition coefficient (Wildman–Crippen LogP) is 3.91. The Kier molecular flexibility index (Phi) is 3.74. The van der Waals surface area contributed by atoms with Crippen molar-refractivity contribution in [3.8, 4) is 0 Å². The Morgan fingerprint density at radius 3 is 2.50 bits per heavy atom. The van der Waals surface area contributed by atoms with Gasteiger partial charge in [0.05, 0.1) is 0 Å². The summed E-state index contributed by atoms with van der Waals surface area (Å²) in [5.74, 6) is 0. The summed E-state index contributed by atoms with van der Waals surface area (Å²) in [6.45, 7) is 0. The van der Waals surface area contributed by atoms with E-state index in [4.69, 9.17) is 0 Å². The largest absolute Gasteiger partial charge is 0.199 e. The average molecular weight is 227 g/mol. The summed E-state index contributed by atoms with van der Waals surface area (Å²) in [7, 11) is 0. The molecule has 0 amide bonds. The fraction of sp³-hybridized carbons (Fsp3) is 0. The van der Waals surface area contributed by atoms with Crippen LogP contribution < -0.4 is 0 Å². The number of halogens is 2. The molecule has 0 heterocycles. The van der Waals surface area contributed by atoms with Gasteiger partial charge in [0.15, 0.2) is 4.74 Å². The minimum Gasteiger partial charge on any atom is -0.199 e. The lowest BCUT2D eigenvalue weighted by Gasteiger charge is -1.87. The summed E-state index contributed by atoms with van der Waals surface area (Å²) >= 11 is 2.69. The highest BCUT2D eigenvalue weighted by Crippen LogP contribution is 2.06. The van der Waals surface area contributed by atoms with Gasteiger partial charge < -0.3 is 0 Å². The van der Waals surface area contributed by atoms with Crippen LogP contribution in [0.25, 0.3) is 6.08 Å². The van der Waals surface area contributed by atoms with Crippen LogP contribution in [0.5, 0.6) is 0 Å². The summed E-state index contributed by atoms with van der Waals surface area (Å²) in [5.41, 5.74) is 1.06. The first kappa shape index (κ1) is 9.20. The van der Waals surface area contributed by atoms with E-state index in [1.807, 2.05) is 36.4 Å². The third-order valence-electron chi connectivity index (χ3n) is 1.31. The molecule has 1 aromatic carbocycles. The van der Waals surface area contributed by atoms with E-state index in [0.717, 1.165) is 5.56 Å². The van der Waals surface area contributed by atoms with E-state index in [9.17, 15) is 4.39 Å². The van der Waals surface area contributed by atoms with E-state index in [-0.39, 0.29) is 4.74 Å². The SMILES string of the molecule is FC(Br)=CC=Cc1ccccc1. The highest BCUT2D eigenvalue weighted by Gasteiger charge is 1.81. The molecular formula is C10H8BrF. The van der Waals surface area contributed by atoms with Gasteiger partial charge in [0.25, 0.3) is 0 Å². The Morgan fingerprint density at radius 2 is 1.92 bits per heavy atom. The first-order valence-corrected chi connectivity index (χ1v) is 4.33. The van der Waals surface area contributed by atoms with Gasteiger partial charge in [-0.1, -0.05) is 42.5 Å². The second-order valence-electron chi connectivity index (χ2n) is 2.23. The topological polar surface area (TPSA) is 0 Å². The van der Waals surface area contributed by atoms with Gasteiger partial charge in [-0.05, 0) is 27.6 Å². The van der Waals surface area contributed by atoms with Crippen LogP contribution in [0.1, 0.15) is 5.56 Å². The summed E-state index contributed by atoms with van der Waals surface area (Å²) < 4.78 is 11.8. The molecule has 0 N–H and O–H groups in total. The molecule has 0 aromatic heterocycles. The van der Waals surface area contributed by atoms with E-state index in [0.29, 0.717) is 0 Å². The lowest BCUT2D eigenvalue weighted by Crippen LogP contribution is -1.66. The fourth-order valence-corrected chi connectivity index (χ4v) is 0.949. The van der Waals surface area contributed by atoms with E-state index < -0.39 is 0 Å². The second kappa shape index (κ2) is 4.88. The molecule has 0 saturated heterocycles. The molecule has 0 aliphatic heterocycles. The van der Waals surface area contributed by atoms with Crippen LogP contribution in [0.2, 0.25) is 0 Å². The first-order chi connectivity index (χ1) is 5.79. The molecule has 0 atom stereocenters. The summed E-state index contributed by atoms with van der Waals surface area (Å²) in [6.07, 6.45) is 4.84. The van der Waals surface area contributed by atoms with E-state index in [1.165, 1.54) is 6.08 Å². The van der Waals surface area contributed by atoms with Crippen molar-refractivity contribution in [1.29, 1.82) is 0 Å². The van der Waals surface area contributed by atoms with Crippen molar-refractivity contribution in [2.75, 3.05) is 0 Å². The summed E-state index contributed by atoms with van der Waals surface area (Å²) in [5, 5.41) is 0. The standard InChI is InChI=1S/C10H8BrF/c11-10(12)8-4-7-9-5-2-1-3-6-9/h1-8H. The third-order valence-corrected chi connectivity index (χ3v) is 1.57. The van der Waals surface area contributed by atoms with Gasteiger partial charge in [-0.2, -0.15) is 4.39 Å². The monoisotopic (exact) mass is 226 g/mol. The van der Waals surface area contributed by atoms with Crippen LogP contribution >= 0.6 is 15.9 Å². The molecule has 0 aliphatic rings. The van der Waals surface area contributed by atoms with Crippen LogP contribution in [-0.4, -0.2) is 0 Å².